The molecule has 208 valence electrons. The summed E-state index contributed by atoms with van der Waals surface area (Å²) >= 11 is 3.45. The fourth-order valence-corrected chi connectivity index (χ4v) is 5.34. The highest BCUT2D eigenvalue weighted by Crippen LogP contribution is 2.22. The highest BCUT2D eigenvalue weighted by molar-refractivity contribution is 9.10. The Hall–Kier alpha value is -3.24. The van der Waals surface area contributed by atoms with Gasteiger partial charge in [-0.3, -0.25) is 13.9 Å². The van der Waals surface area contributed by atoms with Crippen LogP contribution in [0.3, 0.4) is 0 Å². The molecular formula is C29H33BrFN3O4S. The van der Waals surface area contributed by atoms with E-state index in [1.165, 1.54) is 17.0 Å². The molecule has 0 aliphatic carbocycles. The van der Waals surface area contributed by atoms with Crippen LogP contribution in [-0.2, 0) is 32.6 Å². The molecule has 3 rings (SSSR count). The number of sulfonamides is 1. The van der Waals surface area contributed by atoms with Crippen molar-refractivity contribution in [2.24, 2.45) is 0 Å². The van der Waals surface area contributed by atoms with Gasteiger partial charge in [-0.05, 0) is 60.9 Å². The SMILES string of the molecule is CCC(C)NC(=O)C(Cc1ccccc1)N(Cc1cccc(Br)c1)C(=O)CN(c1ccc(F)cc1)S(C)(=O)=O. The molecule has 0 spiro atoms. The van der Waals surface area contributed by atoms with Gasteiger partial charge in [0.1, 0.15) is 18.4 Å². The first-order chi connectivity index (χ1) is 18.5. The Morgan fingerprint density at radius 3 is 2.21 bits per heavy atom. The molecule has 1 N–H and O–H groups in total. The summed E-state index contributed by atoms with van der Waals surface area (Å²) in [5, 5.41) is 2.99. The first kappa shape index (κ1) is 30.3. The Bertz CT molecular complexity index is 1370. The monoisotopic (exact) mass is 617 g/mol. The van der Waals surface area contributed by atoms with E-state index in [4.69, 9.17) is 0 Å². The minimum Gasteiger partial charge on any atom is -0.352 e. The van der Waals surface area contributed by atoms with Gasteiger partial charge in [-0.2, -0.15) is 0 Å². The minimum atomic E-state index is -3.91. The number of anilines is 1. The van der Waals surface area contributed by atoms with E-state index in [-0.39, 0.29) is 30.6 Å². The highest BCUT2D eigenvalue weighted by atomic mass is 79.9. The quantitative estimate of drug-likeness (QED) is 0.313. The van der Waals surface area contributed by atoms with Gasteiger partial charge < -0.3 is 10.2 Å². The lowest BCUT2D eigenvalue weighted by Crippen LogP contribution is -2.54. The molecule has 0 radical (unpaired) electrons. The molecule has 0 aromatic heterocycles. The average Bonchev–Trinajstić information content (AvgIpc) is 2.89. The van der Waals surface area contributed by atoms with Crippen molar-refractivity contribution >= 4 is 43.5 Å². The van der Waals surface area contributed by atoms with E-state index in [0.29, 0.717) is 6.42 Å². The van der Waals surface area contributed by atoms with Gasteiger partial charge in [-0.15, -0.1) is 0 Å². The second kappa shape index (κ2) is 13.7. The van der Waals surface area contributed by atoms with Gasteiger partial charge >= 0.3 is 0 Å². The molecular weight excluding hydrogens is 585 g/mol. The van der Waals surface area contributed by atoms with Gasteiger partial charge in [0, 0.05) is 23.5 Å². The van der Waals surface area contributed by atoms with Gasteiger partial charge in [-0.1, -0.05) is 65.3 Å². The summed E-state index contributed by atoms with van der Waals surface area (Å²) in [4.78, 5) is 29.0. The number of benzene rings is 3. The molecule has 0 saturated carbocycles. The Labute approximate surface area is 238 Å². The molecule has 2 unspecified atom stereocenters. The number of hydrogen-bond donors (Lipinski definition) is 1. The summed E-state index contributed by atoms with van der Waals surface area (Å²) in [6, 6.07) is 20.6. The number of halogens is 2. The van der Waals surface area contributed by atoms with Crippen LogP contribution in [0.1, 0.15) is 31.4 Å². The van der Waals surface area contributed by atoms with Crippen molar-refractivity contribution in [3.8, 4) is 0 Å². The normalized spacial score (nSPS) is 12.8. The Morgan fingerprint density at radius 1 is 0.974 bits per heavy atom. The van der Waals surface area contributed by atoms with E-state index in [2.05, 4.69) is 21.2 Å². The fraction of sp³-hybridized carbons (Fsp3) is 0.310. The van der Waals surface area contributed by atoms with Crippen molar-refractivity contribution in [2.75, 3.05) is 17.1 Å². The highest BCUT2D eigenvalue weighted by Gasteiger charge is 2.33. The molecule has 0 bridgehead atoms. The molecule has 0 saturated heterocycles. The lowest BCUT2D eigenvalue weighted by molar-refractivity contribution is -0.140. The van der Waals surface area contributed by atoms with Crippen molar-refractivity contribution in [3.05, 3.63) is 100 Å². The summed E-state index contributed by atoms with van der Waals surface area (Å²) in [5.74, 6) is -1.42. The van der Waals surface area contributed by atoms with Crippen LogP contribution in [0.5, 0.6) is 0 Å². The van der Waals surface area contributed by atoms with Gasteiger partial charge in [0.25, 0.3) is 0 Å². The molecule has 2 amide bonds. The maximum atomic E-state index is 14.0. The van der Waals surface area contributed by atoms with Gasteiger partial charge in [-0.25, -0.2) is 12.8 Å². The predicted octanol–water partition coefficient (Wildman–Crippen LogP) is 4.91. The molecule has 3 aromatic carbocycles. The van der Waals surface area contributed by atoms with Crippen molar-refractivity contribution < 1.29 is 22.4 Å². The van der Waals surface area contributed by atoms with E-state index >= 15 is 0 Å². The third-order valence-electron chi connectivity index (χ3n) is 6.31. The average molecular weight is 619 g/mol. The third kappa shape index (κ3) is 8.90. The van der Waals surface area contributed by atoms with Gasteiger partial charge in [0.2, 0.25) is 21.8 Å². The molecule has 2 atom stereocenters. The molecule has 0 fully saturated rings. The number of nitrogens with one attached hydrogen (secondary N) is 1. The first-order valence-electron chi connectivity index (χ1n) is 12.6. The minimum absolute atomic E-state index is 0.0741. The van der Waals surface area contributed by atoms with Gasteiger partial charge in [0.05, 0.1) is 11.9 Å². The lowest BCUT2D eigenvalue weighted by atomic mass is 10.0. The number of rotatable bonds is 12. The lowest BCUT2D eigenvalue weighted by Gasteiger charge is -2.34. The Morgan fingerprint density at radius 2 is 1.62 bits per heavy atom. The number of amides is 2. The van der Waals surface area contributed by atoms with Crippen LogP contribution in [0.15, 0.2) is 83.3 Å². The standard InChI is InChI=1S/C29H33BrFN3O4S/c1-4-21(2)32-29(36)27(18-22-9-6-5-7-10-22)33(19-23-11-8-12-24(30)17-23)28(35)20-34(39(3,37)38)26-15-13-25(31)14-16-26/h5-17,21,27H,4,18-20H2,1-3H3,(H,32,36). The van der Waals surface area contributed by atoms with Crippen LogP contribution < -0.4 is 9.62 Å². The van der Waals surface area contributed by atoms with Crippen LogP contribution >= 0.6 is 15.9 Å². The molecule has 39 heavy (non-hydrogen) atoms. The van der Waals surface area contributed by atoms with Gasteiger partial charge in [0.15, 0.2) is 0 Å². The molecule has 0 heterocycles. The summed E-state index contributed by atoms with van der Waals surface area (Å²) in [5.41, 5.74) is 1.77. The number of carbonyl (C=O) groups excluding carboxylic acids is 2. The number of carbonyl (C=O) groups is 2. The molecule has 7 nitrogen and oxygen atoms in total. The number of hydrogen-bond acceptors (Lipinski definition) is 4. The van der Waals surface area contributed by atoms with E-state index in [1.807, 2.05) is 68.4 Å². The van der Waals surface area contributed by atoms with E-state index < -0.39 is 34.3 Å². The second-order valence-electron chi connectivity index (χ2n) is 9.42. The van der Waals surface area contributed by atoms with Crippen molar-refractivity contribution in [2.45, 2.75) is 45.3 Å². The first-order valence-corrected chi connectivity index (χ1v) is 15.2. The van der Waals surface area contributed by atoms with Crippen molar-refractivity contribution in [1.82, 2.24) is 10.2 Å². The third-order valence-corrected chi connectivity index (χ3v) is 7.94. The van der Waals surface area contributed by atoms with E-state index in [9.17, 15) is 22.4 Å². The van der Waals surface area contributed by atoms with E-state index in [1.54, 1.807) is 0 Å². The molecule has 3 aromatic rings. The van der Waals surface area contributed by atoms with Crippen molar-refractivity contribution in [1.29, 1.82) is 0 Å². The maximum absolute atomic E-state index is 14.0. The molecule has 10 heteroatoms. The Kier molecular flexibility index (Phi) is 10.7. The fourth-order valence-electron chi connectivity index (χ4n) is 4.05. The smallest absolute Gasteiger partial charge is 0.244 e. The summed E-state index contributed by atoms with van der Waals surface area (Å²) in [6.45, 7) is 3.36. The van der Waals surface area contributed by atoms with Crippen LogP contribution in [0.25, 0.3) is 0 Å². The van der Waals surface area contributed by atoms with Crippen LogP contribution in [0, 0.1) is 5.82 Å². The predicted molar refractivity (Wildman–Crippen MR) is 155 cm³/mol. The van der Waals surface area contributed by atoms with Crippen LogP contribution in [-0.4, -0.2) is 50.0 Å². The zero-order valence-corrected chi connectivity index (χ0v) is 24.6. The van der Waals surface area contributed by atoms with Crippen molar-refractivity contribution in [3.63, 3.8) is 0 Å². The summed E-state index contributed by atoms with van der Waals surface area (Å²) in [7, 11) is -3.91. The largest absolute Gasteiger partial charge is 0.352 e. The van der Waals surface area contributed by atoms with Crippen LogP contribution in [0.2, 0.25) is 0 Å². The second-order valence-corrected chi connectivity index (χ2v) is 12.2. The molecule has 0 aliphatic rings. The zero-order valence-electron chi connectivity index (χ0n) is 22.2. The summed E-state index contributed by atoms with van der Waals surface area (Å²) in [6.07, 6.45) is 1.92. The summed E-state index contributed by atoms with van der Waals surface area (Å²) < 4.78 is 40.8. The maximum Gasteiger partial charge on any atom is 0.244 e. The zero-order chi connectivity index (χ0) is 28.6. The topological polar surface area (TPSA) is 86.8 Å². The molecule has 0 aliphatic heterocycles. The number of nitrogens with zero attached hydrogens (tertiary/aromatic N) is 2. The van der Waals surface area contributed by atoms with E-state index in [0.717, 1.165) is 38.3 Å². The van der Waals surface area contributed by atoms with Crippen LogP contribution in [0.4, 0.5) is 10.1 Å². The Balaban J connectivity index is 2.05.